The average Bonchev–Trinajstić information content (AvgIpc) is 2.97. The number of carbonyl (C=O) groups excluding carboxylic acids is 2. The second kappa shape index (κ2) is 7.99. The molecule has 0 unspecified atom stereocenters. The van der Waals surface area contributed by atoms with Gasteiger partial charge in [-0.05, 0) is 38.1 Å². The maximum absolute atomic E-state index is 12.7. The summed E-state index contributed by atoms with van der Waals surface area (Å²) in [5, 5.41) is 6.67. The number of ether oxygens (including phenoxy) is 1. The van der Waals surface area contributed by atoms with Crippen molar-refractivity contribution in [1.29, 1.82) is 0 Å². The first-order valence-corrected chi connectivity index (χ1v) is 8.39. The SMILES string of the molecule is Cc1nn(-c2ccccc2)c(C)c1C(=O)C(=O)Nc1ccccc1OC(F)F. The van der Waals surface area contributed by atoms with Gasteiger partial charge in [0, 0.05) is 0 Å². The summed E-state index contributed by atoms with van der Waals surface area (Å²) in [4.78, 5) is 25.2. The summed E-state index contributed by atoms with van der Waals surface area (Å²) in [7, 11) is 0. The molecular weight excluding hydrogens is 368 g/mol. The van der Waals surface area contributed by atoms with Crippen molar-refractivity contribution in [3.05, 3.63) is 71.5 Å². The average molecular weight is 385 g/mol. The third-order valence-electron chi connectivity index (χ3n) is 4.08. The van der Waals surface area contributed by atoms with Crippen molar-refractivity contribution >= 4 is 17.4 Å². The van der Waals surface area contributed by atoms with E-state index in [9.17, 15) is 18.4 Å². The molecule has 0 aliphatic rings. The largest absolute Gasteiger partial charge is 0.433 e. The second-order valence-electron chi connectivity index (χ2n) is 5.95. The molecule has 0 saturated heterocycles. The van der Waals surface area contributed by atoms with Crippen LogP contribution in [0.15, 0.2) is 54.6 Å². The van der Waals surface area contributed by atoms with Gasteiger partial charge in [0.05, 0.1) is 28.3 Å². The quantitative estimate of drug-likeness (QED) is 0.516. The number of halogens is 2. The van der Waals surface area contributed by atoms with E-state index in [1.165, 1.54) is 24.3 Å². The van der Waals surface area contributed by atoms with Crippen LogP contribution in [-0.2, 0) is 4.79 Å². The third kappa shape index (κ3) is 3.90. The van der Waals surface area contributed by atoms with E-state index >= 15 is 0 Å². The number of rotatable bonds is 6. The lowest BCUT2D eigenvalue weighted by atomic mass is 10.1. The Kier molecular flexibility index (Phi) is 5.49. The zero-order chi connectivity index (χ0) is 20.3. The first kappa shape index (κ1) is 19.2. The smallest absolute Gasteiger partial charge is 0.387 e. The Hall–Kier alpha value is -3.55. The van der Waals surface area contributed by atoms with Crippen LogP contribution in [-0.4, -0.2) is 28.1 Å². The van der Waals surface area contributed by atoms with E-state index in [-0.39, 0.29) is 17.0 Å². The molecular formula is C20H17F2N3O3. The number of hydrogen-bond acceptors (Lipinski definition) is 4. The molecule has 2 aromatic carbocycles. The highest BCUT2D eigenvalue weighted by atomic mass is 19.3. The zero-order valence-corrected chi connectivity index (χ0v) is 15.1. The number of Topliss-reactive ketones (excluding diaryl/α,β-unsaturated/α-hetero) is 1. The van der Waals surface area contributed by atoms with Gasteiger partial charge in [0.2, 0.25) is 0 Å². The van der Waals surface area contributed by atoms with Crippen LogP contribution >= 0.6 is 0 Å². The Bertz CT molecular complexity index is 1020. The highest BCUT2D eigenvalue weighted by Crippen LogP contribution is 2.26. The van der Waals surface area contributed by atoms with Gasteiger partial charge in [0.25, 0.3) is 11.7 Å². The number of aryl methyl sites for hydroxylation is 1. The molecule has 0 spiro atoms. The predicted octanol–water partition coefficient (Wildman–Crippen LogP) is 3.91. The van der Waals surface area contributed by atoms with Crippen LogP contribution in [0.4, 0.5) is 14.5 Å². The van der Waals surface area contributed by atoms with Gasteiger partial charge >= 0.3 is 6.61 Å². The fraction of sp³-hybridized carbons (Fsp3) is 0.150. The normalized spacial score (nSPS) is 10.8. The Morgan fingerprint density at radius 3 is 2.36 bits per heavy atom. The van der Waals surface area contributed by atoms with Gasteiger partial charge in [0.1, 0.15) is 5.75 Å². The maximum Gasteiger partial charge on any atom is 0.387 e. The number of benzene rings is 2. The van der Waals surface area contributed by atoms with E-state index in [1.807, 2.05) is 30.3 Å². The van der Waals surface area contributed by atoms with Crippen LogP contribution in [0.1, 0.15) is 21.7 Å². The molecule has 8 heteroatoms. The van der Waals surface area contributed by atoms with Crippen molar-refractivity contribution in [2.24, 2.45) is 0 Å². The Balaban J connectivity index is 1.87. The van der Waals surface area contributed by atoms with Crippen LogP contribution < -0.4 is 10.1 Å². The lowest BCUT2D eigenvalue weighted by Gasteiger charge is -2.11. The summed E-state index contributed by atoms with van der Waals surface area (Å²) in [6.45, 7) is 0.254. The van der Waals surface area contributed by atoms with Gasteiger partial charge in [-0.15, -0.1) is 0 Å². The van der Waals surface area contributed by atoms with Crippen LogP contribution in [0.5, 0.6) is 5.75 Å². The summed E-state index contributed by atoms with van der Waals surface area (Å²) < 4.78 is 31.0. The number of amides is 1. The van der Waals surface area contributed by atoms with Crippen LogP contribution in [0, 0.1) is 13.8 Å². The number of aromatic nitrogens is 2. The van der Waals surface area contributed by atoms with Gasteiger partial charge in [-0.25, -0.2) is 4.68 Å². The molecule has 1 N–H and O–H groups in total. The van der Waals surface area contributed by atoms with E-state index in [0.717, 1.165) is 5.69 Å². The number of nitrogens with zero attached hydrogens (tertiary/aromatic N) is 2. The molecule has 0 aliphatic heterocycles. The number of para-hydroxylation sites is 3. The van der Waals surface area contributed by atoms with E-state index in [4.69, 9.17) is 0 Å². The number of anilines is 1. The van der Waals surface area contributed by atoms with Gasteiger partial charge < -0.3 is 10.1 Å². The molecule has 1 heterocycles. The van der Waals surface area contributed by atoms with Crippen molar-refractivity contribution in [2.75, 3.05) is 5.32 Å². The molecule has 0 aliphatic carbocycles. The number of carbonyl (C=O) groups is 2. The number of hydrogen-bond donors (Lipinski definition) is 1. The molecule has 0 bridgehead atoms. The highest BCUT2D eigenvalue weighted by molar-refractivity contribution is 6.47. The lowest BCUT2D eigenvalue weighted by molar-refractivity contribution is -0.112. The molecule has 0 atom stereocenters. The van der Waals surface area contributed by atoms with Gasteiger partial charge in [0.15, 0.2) is 0 Å². The Morgan fingerprint density at radius 2 is 1.68 bits per heavy atom. The second-order valence-corrected chi connectivity index (χ2v) is 5.95. The number of nitrogens with one attached hydrogen (secondary N) is 1. The number of alkyl halides is 2. The molecule has 0 radical (unpaired) electrons. The fourth-order valence-electron chi connectivity index (χ4n) is 2.85. The molecule has 0 fully saturated rings. The molecule has 1 aromatic heterocycles. The van der Waals surface area contributed by atoms with Crippen molar-refractivity contribution < 1.29 is 23.1 Å². The van der Waals surface area contributed by atoms with Gasteiger partial charge in [-0.1, -0.05) is 30.3 Å². The molecule has 144 valence electrons. The molecule has 3 rings (SSSR count). The Morgan fingerprint density at radius 1 is 1.04 bits per heavy atom. The Labute approximate surface area is 159 Å². The molecule has 6 nitrogen and oxygen atoms in total. The molecule has 0 saturated carbocycles. The van der Waals surface area contributed by atoms with Crippen molar-refractivity contribution in [3.63, 3.8) is 0 Å². The van der Waals surface area contributed by atoms with Crippen LogP contribution in [0.2, 0.25) is 0 Å². The number of ketones is 1. The summed E-state index contributed by atoms with van der Waals surface area (Å²) in [5.74, 6) is -2.01. The highest BCUT2D eigenvalue weighted by Gasteiger charge is 2.26. The van der Waals surface area contributed by atoms with E-state index in [0.29, 0.717) is 11.4 Å². The topological polar surface area (TPSA) is 73.2 Å². The molecule has 1 amide bonds. The third-order valence-corrected chi connectivity index (χ3v) is 4.08. The van der Waals surface area contributed by atoms with E-state index in [2.05, 4.69) is 15.2 Å². The minimum absolute atomic E-state index is 0.0214. The minimum atomic E-state index is -3.05. The molecule has 3 aromatic rings. The minimum Gasteiger partial charge on any atom is -0.433 e. The van der Waals surface area contributed by atoms with E-state index in [1.54, 1.807) is 18.5 Å². The summed E-state index contributed by atoms with van der Waals surface area (Å²) in [5.41, 5.74) is 1.78. The van der Waals surface area contributed by atoms with Crippen molar-refractivity contribution in [3.8, 4) is 11.4 Å². The standard InChI is InChI=1S/C20H17F2N3O3/c1-12-17(13(2)25(24-12)14-8-4-3-5-9-14)18(26)19(27)23-15-10-6-7-11-16(15)28-20(21)22/h3-11,20H,1-2H3,(H,23,27). The summed E-state index contributed by atoms with van der Waals surface area (Å²) >= 11 is 0. The summed E-state index contributed by atoms with van der Waals surface area (Å²) in [6.07, 6.45) is 0. The van der Waals surface area contributed by atoms with Gasteiger partial charge in [-0.2, -0.15) is 13.9 Å². The maximum atomic E-state index is 12.7. The van der Waals surface area contributed by atoms with Crippen LogP contribution in [0.3, 0.4) is 0 Å². The zero-order valence-electron chi connectivity index (χ0n) is 15.1. The van der Waals surface area contributed by atoms with Crippen molar-refractivity contribution in [2.45, 2.75) is 20.5 Å². The monoisotopic (exact) mass is 385 g/mol. The predicted molar refractivity (Wildman–Crippen MR) is 99.1 cm³/mol. The first-order valence-electron chi connectivity index (χ1n) is 8.39. The molecule has 28 heavy (non-hydrogen) atoms. The lowest BCUT2D eigenvalue weighted by Crippen LogP contribution is -2.24. The van der Waals surface area contributed by atoms with Gasteiger partial charge in [-0.3, -0.25) is 9.59 Å². The summed E-state index contributed by atoms with van der Waals surface area (Å²) in [6, 6.07) is 14.8. The van der Waals surface area contributed by atoms with E-state index < -0.39 is 18.3 Å². The fourth-order valence-corrected chi connectivity index (χ4v) is 2.85. The van der Waals surface area contributed by atoms with Crippen molar-refractivity contribution in [1.82, 2.24) is 9.78 Å². The first-order chi connectivity index (χ1) is 13.4. The van der Waals surface area contributed by atoms with Crippen LogP contribution in [0.25, 0.3) is 5.69 Å².